The minimum atomic E-state index is 0.241. The van der Waals surface area contributed by atoms with Gasteiger partial charge in [0.05, 0.1) is 6.34 Å². The molecular weight excluding hydrogens is 188 g/mol. The van der Waals surface area contributed by atoms with Crippen LogP contribution in [0.1, 0.15) is 19.3 Å². The molecule has 1 N–H and O–H groups in total. The number of benzene rings is 1. The van der Waals surface area contributed by atoms with Gasteiger partial charge >= 0.3 is 0 Å². The third kappa shape index (κ3) is 2.72. The third-order valence-electron chi connectivity index (χ3n) is 2.63. The van der Waals surface area contributed by atoms with Crippen LogP contribution in [-0.4, -0.2) is 29.4 Å². The molecular formula is C12H16N2O. The van der Waals surface area contributed by atoms with E-state index in [0.29, 0.717) is 5.69 Å². The van der Waals surface area contributed by atoms with Gasteiger partial charge in [0.25, 0.3) is 0 Å². The summed E-state index contributed by atoms with van der Waals surface area (Å²) in [6, 6.07) is 7.15. The Morgan fingerprint density at radius 1 is 1.13 bits per heavy atom. The van der Waals surface area contributed by atoms with Crippen molar-refractivity contribution in [2.24, 2.45) is 4.99 Å². The summed E-state index contributed by atoms with van der Waals surface area (Å²) in [4.78, 5) is 6.48. The highest BCUT2D eigenvalue weighted by atomic mass is 16.3. The molecule has 1 aliphatic heterocycles. The van der Waals surface area contributed by atoms with Gasteiger partial charge in [-0.1, -0.05) is 12.1 Å². The van der Waals surface area contributed by atoms with Crippen LogP contribution in [0.2, 0.25) is 0 Å². The zero-order valence-corrected chi connectivity index (χ0v) is 8.76. The summed E-state index contributed by atoms with van der Waals surface area (Å²) < 4.78 is 0. The molecule has 80 valence electrons. The number of piperidine rings is 1. The largest absolute Gasteiger partial charge is 0.506 e. The Labute approximate surface area is 90.1 Å². The molecule has 0 aromatic heterocycles. The predicted octanol–water partition coefficient (Wildman–Crippen LogP) is 2.54. The van der Waals surface area contributed by atoms with Crippen LogP contribution in [0, 0.1) is 0 Å². The van der Waals surface area contributed by atoms with Gasteiger partial charge in [0, 0.05) is 13.1 Å². The molecule has 1 saturated heterocycles. The Morgan fingerprint density at radius 3 is 2.60 bits per heavy atom. The molecule has 1 aliphatic rings. The standard InChI is InChI=1S/C12H16N2O/c15-12-7-3-2-6-11(12)13-10-14-8-4-1-5-9-14/h2-3,6-7,10,15H,1,4-5,8-9H2. The van der Waals surface area contributed by atoms with Crippen molar-refractivity contribution in [1.82, 2.24) is 4.90 Å². The lowest BCUT2D eigenvalue weighted by Crippen LogP contribution is -2.27. The second kappa shape index (κ2) is 4.82. The first-order valence-corrected chi connectivity index (χ1v) is 5.42. The molecule has 15 heavy (non-hydrogen) atoms. The minimum absolute atomic E-state index is 0.241. The molecule has 1 fully saturated rings. The lowest BCUT2D eigenvalue weighted by molar-refractivity contribution is 0.351. The van der Waals surface area contributed by atoms with Gasteiger partial charge in [-0.05, 0) is 31.4 Å². The summed E-state index contributed by atoms with van der Waals surface area (Å²) in [6.07, 6.45) is 5.65. The lowest BCUT2D eigenvalue weighted by Gasteiger charge is -2.23. The average Bonchev–Trinajstić information content (AvgIpc) is 2.29. The monoisotopic (exact) mass is 204 g/mol. The second-order valence-electron chi connectivity index (χ2n) is 3.83. The molecule has 1 aromatic rings. The molecule has 3 nitrogen and oxygen atoms in total. The Kier molecular flexibility index (Phi) is 3.22. The maximum Gasteiger partial charge on any atom is 0.141 e. The first-order valence-electron chi connectivity index (χ1n) is 5.42. The maximum absolute atomic E-state index is 9.51. The van der Waals surface area contributed by atoms with Crippen LogP contribution >= 0.6 is 0 Å². The van der Waals surface area contributed by atoms with Gasteiger partial charge in [-0.3, -0.25) is 0 Å². The van der Waals surface area contributed by atoms with Crippen molar-refractivity contribution in [2.75, 3.05) is 13.1 Å². The lowest BCUT2D eigenvalue weighted by atomic mass is 10.1. The summed E-state index contributed by atoms with van der Waals surface area (Å²) >= 11 is 0. The van der Waals surface area contributed by atoms with Crippen molar-refractivity contribution in [2.45, 2.75) is 19.3 Å². The number of hydrogen-bond acceptors (Lipinski definition) is 2. The van der Waals surface area contributed by atoms with Crippen LogP contribution in [0.4, 0.5) is 5.69 Å². The molecule has 0 bridgehead atoms. The van der Waals surface area contributed by atoms with Gasteiger partial charge in [0.1, 0.15) is 11.4 Å². The van der Waals surface area contributed by atoms with Gasteiger partial charge in [-0.25, -0.2) is 4.99 Å². The number of rotatable bonds is 2. The van der Waals surface area contributed by atoms with Crippen molar-refractivity contribution < 1.29 is 5.11 Å². The zero-order valence-electron chi connectivity index (χ0n) is 8.76. The molecule has 0 aliphatic carbocycles. The molecule has 0 radical (unpaired) electrons. The summed E-state index contributed by atoms with van der Waals surface area (Å²) in [5.41, 5.74) is 0.642. The number of aromatic hydroxyl groups is 1. The summed E-state index contributed by atoms with van der Waals surface area (Å²) in [5, 5.41) is 9.51. The molecule has 2 rings (SSSR count). The van der Waals surface area contributed by atoms with Crippen molar-refractivity contribution in [3.63, 3.8) is 0 Å². The first-order chi connectivity index (χ1) is 7.36. The van der Waals surface area contributed by atoms with E-state index in [1.54, 1.807) is 12.1 Å². The molecule has 0 saturated carbocycles. The van der Waals surface area contributed by atoms with E-state index in [1.165, 1.54) is 19.3 Å². The zero-order chi connectivity index (χ0) is 10.5. The molecule has 1 heterocycles. The maximum atomic E-state index is 9.51. The number of hydrogen-bond donors (Lipinski definition) is 1. The van der Waals surface area contributed by atoms with E-state index in [0.717, 1.165) is 13.1 Å². The topological polar surface area (TPSA) is 35.8 Å². The first kappa shape index (κ1) is 10.0. The molecule has 0 spiro atoms. The fourth-order valence-electron chi connectivity index (χ4n) is 1.75. The fourth-order valence-corrected chi connectivity index (χ4v) is 1.75. The predicted molar refractivity (Wildman–Crippen MR) is 61.7 cm³/mol. The molecule has 0 atom stereocenters. The van der Waals surface area contributed by atoms with E-state index in [4.69, 9.17) is 0 Å². The molecule has 0 amide bonds. The summed E-state index contributed by atoms with van der Waals surface area (Å²) in [6.45, 7) is 2.16. The molecule has 3 heteroatoms. The van der Waals surface area contributed by atoms with E-state index in [9.17, 15) is 5.11 Å². The smallest absolute Gasteiger partial charge is 0.141 e. The van der Waals surface area contributed by atoms with Crippen LogP contribution in [0.15, 0.2) is 29.3 Å². The van der Waals surface area contributed by atoms with Gasteiger partial charge in [0.2, 0.25) is 0 Å². The number of para-hydroxylation sites is 2. The molecule has 0 unspecified atom stereocenters. The number of aliphatic imine (C=N–C) groups is 1. The Bertz CT molecular complexity index is 343. The minimum Gasteiger partial charge on any atom is -0.506 e. The van der Waals surface area contributed by atoms with Crippen LogP contribution in [0.5, 0.6) is 5.75 Å². The number of likely N-dealkylation sites (tertiary alicyclic amines) is 1. The van der Waals surface area contributed by atoms with Gasteiger partial charge in [-0.15, -0.1) is 0 Å². The van der Waals surface area contributed by atoms with Crippen molar-refractivity contribution in [3.8, 4) is 5.75 Å². The van der Waals surface area contributed by atoms with Crippen LogP contribution in [-0.2, 0) is 0 Å². The van der Waals surface area contributed by atoms with Crippen LogP contribution in [0.25, 0.3) is 0 Å². The number of nitrogens with zero attached hydrogens (tertiary/aromatic N) is 2. The van der Waals surface area contributed by atoms with Crippen molar-refractivity contribution >= 4 is 12.0 Å². The van der Waals surface area contributed by atoms with Crippen molar-refractivity contribution in [1.29, 1.82) is 0 Å². The van der Waals surface area contributed by atoms with E-state index in [1.807, 2.05) is 18.5 Å². The van der Waals surface area contributed by atoms with E-state index in [2.05, 4.69) is 9.89 Å². The number of phenolic OH excluding ortho intramolecular Hbond substituents is 1. The fraction of sp³-hybridized carbons (Fsp3) is 0.417. The normalized spacial score (nSPS) is 17.2. The van der Waals surface area contributed by atoms with E-state index in [-0.39, 0.29) is 5.75 Å². The van der Waals surface area contributed by atoms with Crippen LogP contribution in [0.3, 0.4) is 0 Å². The highest BCUT2D eigenvalue weighted by Gasteiger charge is 2.05. The summed E-state index contributed by atoms with van der Waals surface area (Å²) in [7, 11) is 0. The average molecular weight is 204 g/mol. The summed E-state index contributed by atoms with van der Waals surface area (Å²) in [5.74, 6) is 0.241. The quantitative estimate of drug-likeness (QED) is 0.593. The molecule has 1 aromatic carbocycles. The third-order valence-corrected chi connectivity index (χ3v) is 2.63. The highest BCUT2D eigenvalue weighted by Crippen LogP contribution is 2.24. The van der Waals surface area contributed by atoms with Gasteiger partial charge < -0.3 is 10.0 Å². The van der Waals surface area contributed by atoms with E-state index < -0.39 is 0 Å². The van der Waals surface area contributed by atoms with Crippen molar-refractivity contribution in [3.05, 3.63) is 24.3 Å². The second-order valence-corrected chi connectivity index (χ2v) is 3.83. The van der Waals surface area contributed by atoms with E-state index >= 15 is 0 Å². The van der Waals surface area contributed by atoms with Gasteiger partial charge in [-0.2, -0.15) is 0 Å². The highest BCUT2D eigenvalue weighted by molar-refractivity contribution is 5.64. The van der Waals surface area contributed by atoms with Crippen LogP contribution < -0.4 is 0 Å². The Balaban J connectivity index is 2.01. The number of phenols is 1. The Morgan fingerprint density at radius 2 is 1.87 bits per heavy atom. The van der Waals surface area contributed by atoms with Gasteiger partial charge in [0.15, 0.2) is 0 Å². The SMILES string of the molecule is Oc1ccccc1N=CN1CCCCC1. The Hall–Kier alpha value is -1.51.